The standard InChI is InChI=1S/C16H27BrN4/c1-4-18-10-14-9-15(17)11-19-16(14)21(3)12-13-5-7-20(2)8-6-13/h9,11,13,18H,4-8,10,12H2,1-3H3. The molecule has 0 aliphatic carbocycles. The van der Waals surface area contributed by atoms with E-state index in [9.17, 15) is 0 Å². The Kier molecular flexibility index (Phi) is 6.45. The molecule has 2 heterocycles. The summed E-state index contributed by atoms with van der Waals surface area (Å²) in [6.45, 7) is 7.52. The zero-order chi connectivity index (χ0) is 15.2. The van der Waals surface area contributed by atoms with Gasteiger partial charge in [-0.2, -0.15) is 0 Å². The van der Waals surface area contributed by atoms with Crippen LogP contribution in [0.5, 0.6) is 0 Å². The monoisotopic (exact) mass is 354 g/mol. The number of hydrogen-bond donors (Lipinski definition) is 1. The minimum Gasteiger partial charge on any atom is -0.359 e. The van der Waals surface area contributed by atoms with E-state index in [0.717, 1.165) is 35.8 Å². The molecule has 0 radical (unpaired) electrons. The van der Waals surface area contributed by atoms with Crippen LogP contribution in [0.1, 0.15) is 25.3 Å². The largest absolute Gasteiger partial charge is 0.359 e. The fourth-order valence-electron chi connectivity index (χ4n) is 2.93. The predicted molar refractivity (Wildman–Crippen MR) is 92.8 cm³/mol. The van der Waals surface area contributed by atoms with E-state index in [1.54, 1.807) is 0 Å². The summed E-state index contributed by atoms with van der Waals surface area (Å²) in [6, 6.07) is 2.18. The third-order valence-corrected chi connectivity index (χ3v) is 4.64. The van der Waals surface area contributed by atoms with E-state index < -0.39 is 0 Å². The number of likely N-dealkylation sites (tertiary alicyclic amines) is 1. The Morgan fingerprint density at radius 2 is 2.14 bits per heavy atom. The maximum atomic E-state index is 4.64. The molecule has 1 saturated heterocycles. The molecule has 1 fully saturated rings. The van der Waals surface area contributed by atoms with Crippen LogP contribution in [0.15, 0.2) is 16.7 Å². The van der Waals surface area contributed by atoms with Gasteiger partial charge in [0.05, 0.1) is 0 Å². The van der Waals surface area contributed by atoms with Crippen molar-refractivity contribution in [2.45, 2.75) is 26.3 Å². The van der Waals surface area contributed by atoms with Crippen LogP contribution in [0.25, 0.3) is 0 Å². The molecule has 21 heavy (non-hydrogen) atoms. The number of pyridine rings is 1. The van der Waals surface area contributed by atoms with Gasteiger partial charge in [0, 0.05) is 36.4 Å². The summed E-state index contributed by atoms with van der Waals surface area (Å²) in [4.78, 5) is 9.39. The highest BCUT2D eigenvalue weighted by molar-refractivity contribution is 9.10. The van der Waals surface area contributed by atoms with Gasteiger partial charge in [0.25, 0.3) is 0 Å². The lowest BCUT2D eigenvalue weighted by molar-refractivity contribution is 0.222. The summed E-state index contributed by atoms with van der Waals surface area (Å²) < 4.78 is 1.05. The van der Waals surface area contributed by atoms with Crippen LogP contribution in [0.3, 0.4) is 0 Å². The number of piperidine rings is 1. The first-order valence-electron chi connectivity index (χ1n) is 7.85. The molecule has 1 N–H and O–H groups in total. The molecule has 1 aliphatic rings. The summed E-state index contributed by atoms with van der Waals surface area (Å²) in [5, 5.41) is 3.40. The molecule has 1 aliphatic heterocycles. The minimum atomic E-state index is 0.781. The van der Waals surface area contributed by atoms with E-state index in [0.29, 0.717) is 0 Å². The number of rotatable bonds is 6. The van der Waals surface area contributed by atoms with E-state index in [2.05, 4.69) is 63.1 Å². The number of nitrogens with zero attached hydrogens (tertiary/aromatic N) is 3. The lowest BCUT2D eigenvalue weighted by Crippen LogP contribution is -2.36. The van der Waals surface area contributed by atoms with Crippen LogP contribution in [0.2, 0.25) is 0 Å². The molecular formula is C16H27BrN4. The summed E-state index contributed by atoms with van der Waals surface area (Å²) in [5.74, 6) is 1.89. The third-order valence-electron chi connectivity index (χ3n) is 4.21. The quantitative estimate of drug-likeness (QED) is 0.850. The Hall–Kier alpha value is -0.650. The van der Waals surface area contributed by atoms with Crippen LogP contribution >= 0.6 is 15.9 Å². The van der Waals surface area contributed by atoms with Gasteiger partial charge in [-0.25, -0.2) is 4.98 Å². The number of hydrogen-bond acceptors (Lipinski definition) is 4. The SMILES string of the molecule is CCNCc1cc(Br)cnc1N(C)CC1CCN(C)CC1. The average Bonchev–Trinajstić information content (AvgIpc) is 2.47. The van der Waals surface area contributed by atoms with Crippen molar-refractivity contribution in [3.05, 3.63) is 22.3 Å². The summed E-state index contributed by atoms with van der Waals surface area (Å²) in [7, 11) is 4.38. The van der Waals surface area contributed by atoms with Gasteiger partial charge >= 0.3 is 0 Å². The van der Waals surface area contributed by atoms with Crippen molar-refractivity contribution >= 4 is 21.7 Å². The van der Waals surface area contributed by atoms with Crippen molar-refractivity contribution in [3.63, 3.8) is 0 Å². The molecule has 0 atom stereocenters. The maximum Gasteiger partial charge on any atom is 0.132 e. The molecule has 2 rings (SSSR count). The van der Waals surface area contributed by atoms with Crippen molar-refractivity contribution < 1.29 is 0 Å². The number of halogens is 1. The molecule has 0 amide bonds. The first-order valence-corrected chi connectivity index (χ1v) is 8.64. The Labute approximate surface area is 137 Å². The molecule has 1 aromatic rings. The van der Waals surface area contributed by atoms with E-state index in [4.69, 9.17) is 0 Å². The third kappa shape index (κ3) is 4.94. The molecule has 0 unspecified atom stereocenters. The second kappa shape index (κ2) is 8.11. The van der Waals surface area contributed by atoms with Crippen LogP contribution in [-0.2, 0) is 6.54 Å². The van der Waals surface area contributed by atoms with Crippen LogP contribution in [-0.4, -0.2) is 50.2 Å². The Bertz CT molecular complexity index is 444. The van der Waals surface area contributed by atoms with Gasteiger partial charge in [0.2, 0.25) is 0 Å². The molecule has 0 aromatic carbocycles. The smallest absolute Gasteiger partial charge is 0.132 e. The van der Waals surface area contributed by atoms with Gasteiger partial charge in [0.15, 0.2) is 0 Å². The number of aromatic nitrogens is 1. The average molecular weight is 355 g/mol. The zero-order valence-corrected chi connectivity index (χ0v) is 15.0. The lowest BCUT2D eigenvalue weighted by atomic mass is 9.96. The lowest BCUT2D eigenvalue weighted by Gasteiger charge is -2.32. The van der Waals surface area contributed by atoms with E-state index in [1.165, 1.54) is 31.5 Å². The van der Waals surface area contributed by atoms with Crippen molar-refractivity contribution in [2.75, 3.05) is 45.2 Å². The zero-order valence-electron chi connectivity index (χ0n) is 13.4. The van der Waals surface area contributed by atoms with E-state index in [1.807, 2.05) is 6.20 Å². The highest BCUT2D eigenvalue weighted by Gasteiger charge is 2.19. The van der Waals surface area contributed by atoms with Crippen molar-refractivity contribution in [1.29, 1.82) is 0 Å². The van der Waals surface area contributed by atoms with Crippen LogP contribution < -0.4 is 10.2 Å². The Balaban J connectivity index is 2.02. The fraction of sp³-hybridized carbons (Fsp3) is 0.688. The number of nitrogens with one attached hydrogen (secondary N) is 1. The summed E-state index contributed by atoms with van der Waals surface area (Å²) in [6.07, 6.45) is 4.48. The van der Waals surface area contributed by atoms with Gasteiger partial charge in [0.1, 0.15) is 5.82 Å². The van der Waals surface area contributed by atoms with Crippen molar-refractivity contribution in [3.8, 4) is 0 Å². The fourth-order valence-corrected chi connectivity index (χ4v) is 3.30. The van der Waals surface area contributed by atoms with Gasteiger partial charge in [-0.1, -0.05) is 6.92 Å². The first-order chi connectivity index (χ1) is 10.1. The topological polar surface area (TPSA) is 31.4 Å². The Morgan fingerprint density at radius 1 is 1.43 bits per heavy atom. The van der Waals surface area contributed by atoms with Crippen molar-refractivity contribution in [2.24, 2.45) is 5.92 Å². The Morgan fingerprint density at radius 3 is 2.81 bits per heavy atom. The van der Waals surface area contributed by atoms with E-state index >= 15 is 0 Å². The molecule has 4 nitrogen and oxygen atoms in total. The summed E-state index contributed by atoms with van der Waals surface area (Å²) in [5.41, 5.74) is 1.27. The summed E-state index contributed by atoms with van der Waals surface area (Å²) >= 11 is 3.53. The van der Waals surface area contributed by atoms with Crippen LogP contribution in [0.4, 0.5) is 5.82 Å². The minimum absolute atomic E-state index is 0.781. The second-order valence-electron chi connectivity index (χ2n) is 6.04. The maximum absolute atomic E-state index is 4.64. The molecular weight excluding hydrogens is 328 g/mol. The molecule has 1 aromatic heterocycles. The normalized spacial score (nSPS) is 17.1. The van der Waals surface area contributed by atoms with Gasteiger partial charge in [-0.05, 0) is 67.4 Å². The highest BCUT2D eigenvalue weighted by Crippen LogP contribution is 2.24. The van der Waals surface area contributed by atoms with Gasteiger partial charge in [-0.15, -0.1) is 0 Å². The highest BCUT2D eigenvalue weighted by atomic mass is 79.9. The van der Waals surface area contributed by atoms with Gasteiger partial charge in [-0.3, -0.25) is 0 Å². The van der Waals surface area contributed by atoms with Gasteiger partial charge < -0.3 is 15.1 Å². The molecule has 0 bridgehead atoms. The van der Waals surface area contributed by atoms with E-state index in [-0.39, 0.29) is 0 Å². The molecule has 0 spiro atoms. The first kappa shape index (κ1) is 16.7. The predicted octanol–water partition coefficient (Wildman–Crippen LogP) is 2.73. The second-order valence-corrected chi connectivity index (χ2v) is 6.96. The number of anilines is 1. The molecule has 5 heteroatoms. The molecule has 118 valence electrons. The molecule has 0 saturated carbocycles. The van der Waals surface area contributed by atoms with Crippen molar-refractivity contribution in [1.82, 2.24) is 15.2 Å². The van der Waals surface area contributed by atoms with Crippen LogP contribution in [0, 0.1) is 5.92 Å².